The first-order valence-corrected chi connectivity index (χ1v) is 9.25. The van der Waals surface area contributed by atoms with E-state index in [1.165, 1.54) is 0 Å². The predicted octanol–water partition coefficient (Wildman–Crippen LogP) is 3.35. The Morgan fingerprint density at radius 1 is 1.00 bits per heavy atom. The summed E-state index contributed by atoms with van der Waals surface area (Å²) < 4.78 is 0. The number of rotatable bonds is 8. The van der Waals surface area contributed by atoms with Gasteiger partial charge in [-0.1, -0.05) is 29.8 Å². The van der Waals surface area contributed by atoms with Crippen LogP contribution in [-0.4, -0.2) is 33.9 Å². The number of aromatic nitrogens is 3. The Bertz CT molecular complexity index is 918. The highest BCUT2D eigenvalue weighted by atomic mass is 35.5. The highest BCUT2D eigenvalue weighted by molar-refractivity contribution is 6.30. The van der Waals surface area contributed by atoms with Gasteiger partial charge in [0.25, 0.3) is 0 Å². The lowest BCUT2D eigenvalue weighted by Gasteiger charge is -2.10. The third kappa shape index (κ3) is 6.21. The average Bonchev–Trinajstić information content (AvgIpc) is 2.67. The first-order chi connectivity index (χ1) is 13.6. The fraction of sp³-hybridized carbons (Fsp3) is 0.200. The van der Waals surface area contributed by atoms with Crippen LogP contribution in [0.5, 0.6) is 0 Å². The van der Waals surface area contributed by atoms with Crippen molar-refractivity contribution in [2.75, 3.05) is 23.7 Å². The first-order valence-electron chi connectivity index (χ1n) is 8.87. The molecule has 3 N–H and O–H groups in total. The minimum atomic E-state index is -0.0412. The lowest BCUT2D eigenvalue weighted by molar-refractivity contribution is -0.120. The van der Waals surface area contributed by atoms with Crippen molar-refractivity contribution < 1.29 is 4.79 Å². The molecule has 2 heterocycles. The zero-order valence-corrected chi connectivity index (χ0v) is 16.2. The zero-order valence-electron chi connectivity index (χ0n) is 15.4. The Labute approximate surface area is 168 Å². The summed E-state index contributed by atoms with van der Waals surface area (Å²) in [6, 6.07) is 14.7. The fourth-order valence-electron chi connectivity index (χ4n) is 2.53. The molecule has 28 heavy (non-hydrogen) atoms. The molecule has 0 saturated carbocycles. The number of hydrogen-bond donors (Lipinski definition) is 3. The molecule has 8 heteroatoms. The summed E-state index contributed by atoms with van der Waals surface area (Å²) in [6.07, 6.45) is 2.03. The van der Waals surface area contributed by atoms with Gasteiger partial charge in [-0.3, -0.25) is 4.79 Å². The molecular weight excluding hydrogens is 376 g/mol. The van der Waals surface area contributed by atoms with E-state index in [1.54, 1.807) is 24.4 Å². The Balaban J connectivity index is 1.46. The van der Waals surface area contributed by atoms with Crippen molar-refractivity contribution in [1.29, 1.82) is 0 Å². The molecule has 0 fully saturated rings. The summed E-state index contributed by atoms with van der Waals surface area (Å²) in [5.41, 5.74) is 0.923. The van der Waals surface area contributed by atoms with Crippen LogP contribution < -0.4 is 16.0 Å². The summed E-state index contributed by atoms with van der Waals surface area (Å²) >= 11 is 5.85. The van der Waals surface area contributed by atoms with Crippen molar-refractivity contribution in [1.82, 2.24) is 20.3 Å². The summed E-state index contributed by atoms with van der Waals surface area (Å²) in [6.45, 7) is 2.85. The van der Waals surface area contributed by atoms with Gasteiger partial charge in [-0.05, 0) is 36.8 Å². The second-order valence-electron chi connectivity index (χ2n) is 6.11. The van der Waals surface area contributed by atoms with Gasteiger partial charge in [-0.15, -0.1) is 0 Å². The highest BCUT2D eigenvalue weighted by Crippen LogP contribution is 2.15. The average molecular weight is 397 g/mol. The van der Waals surface area contributed by atoms with Gasteiger partial charge in [0.15, 0.2) is 0 Å². The molecule has 2 aromatic heterocycles. The van der Waals surface area contributed by atoms with E-state index >= 15 is 0 Å². The van der Waals surface area contributed by atoms with Crippen LogP contribution in [0.3, 0.4) is 0 Å². The van der Waals surface area contributed by atoms with E-state index in [2.05, 4.69) is 30.9 Å². The maximum Gasteiger partial charge on any atom is 0.224 e. The summed E-state index contributed by atoms with van der Waals surface area (Å²) in [4.78, 5) is 24.9. The van der Waals surface area contributed by atoms with Crippen LogP contribution in [0.4, 0.5) is 17.5 Å². The van der Waals surface area contributed by atoms with Crippen LogP contribution in [-0.2, 0) is 11.2 Å². The van der Waals surface area contributed by atoms with Gasteiger partial charge < -0.3 is 16.0 Å². The maximum absolute atomic E-state index is 12.0. The Kier molecular flexibility index (Phi) is 6.75. The summed E-state index contributed by atoms with van der Waals surface area (Å²) in [5, 5.41) is 9.88. The number of hydrogen-bond acceptors (Lipinski definition) is 6. The van der Waals surface area contributed by atoms with Crippen LogP contribution in [0.2, 0.25) is 5.02 Å². The Hall–Kier alpha value is -3.19. The minimum Gasteiger partial charge on any atom is -0.368 e. The number of nitrogens with one attached hydrogen (secondary N) is 3. The largest absolute Gasteiger partial charge is 0.368 e. The Morgan fingerprint density at radius 3 is 2.54 bits per heavy atom. The van der Waals surface area contributed by atoms with Crippen molar-refractivity contribution in [2.45, 2.75) is 13.3 Å². The topological polar surface area (TPSA) is 91.8 Å². The molecule has 0 aliphatic heterocycles. The van der Waals surface area contributed by atoms with E-state index < -0.39 is 0 Å². The van der Waals surface area contributed by atoms with Crippen molar-refractivity contribution in [2.24, 2.45) is 0 Å². The quantitative estimate of drug-likeness (QED) is 0.506. The first kappa shape index (κ1) is 19.6. The van der Waals surface area contributed by atoms with Crippen molar-refractivity contribution in [3.05, 3.63) is 71.1 Å². The molecular formula is C20H21ClN6O. The monoisotopic (exact) mass is 396 g/mol. The number of pyridine rings is 1. The number of halogens is 1. The lowest BCUT2D eigenvalue weighted by atomic mass is 10.1. The highest BCUT2D eigenvalue weighted by Gasteiger charge is 2.05. The summed E-state index contributed by atoms with van der Waals surface area (Å²) in [7, 11) is 0. The van der Waals surface area contributed by atoms with Crippen LogP contribution in [0.1, 0.15) is 11.4 Å². The molecule has 0 unspecified atom stereocenters. The number of carbonyl (C=O) groups is 1. The molecule has 0 atom stereocenters. The van der Waals surface area contributed by atoms with Crippen LogP contribution in [0.25, 0.3) is 0 Å². The molecule has 0 saturated heterocycles. The third-order valence-electron chi connectivity index (χ3n) is 3.79. The van der Waals surface area contributed by atoms with Gasteiger partial charge in [-0.25, -0.2) is 15.0 Å². The molecule has 0 spiro atoms. The zero-order chi connectivity index (χ0) is 19.8. The van der Waals surface area contributed by atoms with Gasteiger partial charge in [0.1, 0.15) is 23.3 Å². The van der Waals surface area contributed by atoms with Gasteiger partial charge in [0.2, 0.25) is 5.91 Å². The van der Waals surface area contributed by atoms with Gasteiger partial charge in [-0.2, -0.15) is 0 Å². The normalized spacial score (nSPS) is 10.4. The molecule has 3 aromatic rings. The number of benzene rings is 1. The minimum absolute atomic E-state index is 0.0412. The Morgan fingerprint density at radius 2 is 1.79 bits per heavy atom. The second kappa shape index (κ2) is 9.66. The summed E-state index contributed by atoms with van der Waals surface area (Å²) in [5.74, 6) is 2.63. The van der Waals surface area contributed by atoms with E-state index in [9.17, 15) is 4.79 Å². The van der Waals surface area contributed by atoms with Crippen LogP contribution in [0.15, 0.2) is 54.7 Å². The predicted molar refractivity (Wildman–Crippen MR) is 111 cm³/mol. The molecule has 1 amide bonds. The number of aryl methyl sites for hydroxylation is 1. The van der Waals surface area contributed by atoms with E-state index in [4.69, 9.17) is 11.6 Å². The molecule has 0 radical (unpaired) electrons. The van der Waals surface area contributed by atoms with Gasteiger partial charge in [0, 0.05) is 30.4 Å². The second-order valence-corrected chi connectivity index (χ2v) is 6.54. The van der Waals surface area contributed by atoms with Gasteiger partial charge >= 0.3 is 0 Å². The molecule has 7 nitrogen and oxygen atoms in total. The van der Waals surface area contributed by atoms with Crippen LogP contribution >= 0.6 is 11.6 Å². The number of amides is 1. The molecule has 0 aliphatic carbocycles. The van der Waals surface area contributed by atoms with Crippen molar-refractivity contribution in [3.8, 4) is 0 Å². The third-order valence-corrected chi connectivity index (χ3v) is 4.04. The molecule has 0 bridgehead atoms. The van der Waals surface area contributed by atoms with Crippen molar-refractivity contribution in [3.63, 3.8) is 0 Å². The van der Waals surface area contributed by atoms with Gasteiger partial charge in [0.05, 0.1) is 6.42 Å². The van der Waals surface area contributed by atoms with E-state index in [1.807, 2.05) is 37.3 Å². The van der Waals surface area contributed by atoms with Crippen molar-refractivity contribution >= 4 is 35.0 Å². The van der Waals surface area contributed by atoms with Crippen LogP contribution in [0, 0.1) is 6.92 Å². The number of nitrogens with zero attached hydrogens (tertiary/aromatic N) is 3. The fourth-order valence-corrected chi connectivity index (χ4v) is 2.66. The van der Waals surface area contributed by atoms with E-state index in [0.717, 1.165) is 5.56 Å². The molecule has 3 rings (SSSR count). The van der Waals surface area contributed by atoms with E-state index in [-0.39, 0.29) is 5.91 Å². The number of carbonyl (C=O) groups excluding carboxylic acids is 1. The molecule has 1 aromatic carbocycles. The number of anilines is 3. The van der Waals surface area contributed by atoms with E-state index in [0.29, 0.717) is 47.8 Å². The SMILES string of the molecule is Cc1nc(NCCNC(=O)Cc2ccc(Cl)cc2)cc(Nc2ccccn2)n1. The molecule has 0 aliphatic rings. The smallest absolute Gasteiger partial charge is 0.224 e. The maximum atomic E-state index is 12.0. The lowest BCUT2D eigenvalue weighted by Crippen LogP contribution is -2.30. The molecule has 144 valence electrons. The standard InChI is InChI=1S/C20H21ClN6O/c1-14-25-18(13-19(26-14)27-17-4-2-3-9-22-17)23-10-11-24-20(28)12-15-5-7-16(21)8-6-15/h2-9,13H,10-12H2,1H3,(H,24,28)(H2,22,23,25,26,27).